The van der Waals surface area contributed by atoms with Crippen molar-refractivity contribution in [1.82, 2.24) is 19.7 Å². The van der Waals surface area contributed by atoms with Gasteiger partial charge in [-0.3, -0.25) is 9.48 Å². The van der Waals surface area contributed by atoms with Gasteiger partial charge in [-0.15, -0.1) is 11.3 Å². The lowest BCUT2D eigenvalue weighted by atomic mass is 10.1. The van der Waals surface area contributed by atoms with E-state index < -0.39 is 12.1 Å². The summed E-state index contributed by atoms with van der Waals surface area (Å²) >= 11 is 1.49. The fourth-order valence-corrected chi connectivity index (χ4v) is 4.40. The van der Waals surface area contributed by atoms with Crippen LogP contribution in [0.5, 0.6) is 0 Å². The number of rotatable bonds is 7. The molecule has 0 saturated carbocycles. The van der Waals surface area contributed by atoms with Crippen LogP contribution in [0.3, 0.4) is 0 Å². The van der Waals surface area contributed by atoms with Gasteiger partial charge in [0.05, 0.1) is 11.4 Å². The maximum absolute atomic E-state index is 13.1. The van der Waals surface area contributed by atoms with Crippen molar-refractivity contribution >= 4 is 34.1 Å². The predicted octanol–water partition coefficient (Wildman–Crippen LogP) is 4.96. The van der Waals surface area contributed by atoms with Crippen molar-refractivity contribution in [2.24, 2.45) is 0 Å². The molecule has 0 aliphatic heterocycles. The molecule has 1 aromatic carbocycles. The largest absolute Gasteiger partial charge is 0.451 e. The Labute approximate surface area is 193 Å². The minimum atomic E-state index is -0.967. The van der Waals surface area contributed by atoms with Crippen molar-refractivity contribution < 1.29 is 14.3 Å². The second-order valence-electron chi connectivity index (χ2n) is 7.57. The Balaban J connectivity index is 1.40. The number of H-pyrrole nitrogens is 1. The Hall–Kier alpha value is -4.04. The molecule has 0 aliphatic rings. The summed E-state index contributed by atoms with van der Waals surface area (Å²) in [6, 6.07) is 17.3. The Morgan fingerprint density at radius 2 is 1.94 bits per heavy atom. The van der Waals surface area contributed by atoms with Crippen LogP contribution in [-0.2, 0) is 11.3 Å². The molecule has 33 heavy (non-hydrogen) atoms. The van der Waals surface area contributed by atoms with E-state index in [1.807, 2.05) is 53.9 Å². The van der Waals surface area contributed by atoms with Gasteiger partial charge in [0, 0.05) is 29.5 Å². The van der Waals surface area contributed by atoms with Crippen LogP contribution >= 0.6 is 11.3 Å². The van der Waals surface area contributed by atoms with Gasteiger partial charge in [-0.25, -0.2) is 9.78 Å². The third-order valence-electron chi connectivity index (χ3n) is 5.29. The molecule has 4 heterocycles. The number of benzene rings is 1. The standard InChI is InChI=1S/C25H20N4O3S/c1-16(23(30)19-13-27-24-18(19)9-5-11-26-24)32-25(31)20-15-29(14-17-7-3-2-4-8-17)28-22(20)21-10-6-12-33-21/h2-13,15-16H,14H2,1H3,(H,26,27). The average Bonchev–Trinajstić information content (AvgIpc) is 3.58. The summed E-state index contributed by atoms with van der Waals surface area (Å²) in [4.78, 5) is 34.2. The number of fused-ring (bicyclic) bond motifs is 1. The van der Waals surface area contributed by atoms with Gasteiger partial charge in [-0.05, 0) is 36.1 Å². The molecule has 8 heteroatoms. The first kappa shape index (κ1) is 20.8. The zero-order valence-corrected chi connectivity index (χ0v) is 18.6. The number of aromatic nitrogens is 4. The second kappa shape index (κ2) is 8.84. The third-order valence-corrected chi connectivity index (χ3v) is 6.17. The smallest absolute Gasteiger partial charge is 0.342 e. The van der Waals surface area contributed by atoms with Gasteiger partial charge in [-0.1, -0.05) is 36.4 Å². The Morgan fingerprint density at radius 1 is 1.09 bits per heavy atom. The number of carbonyl (C=O) groups is 2. The summed E-state index contributed by atoms with van der Waals surface area (Å²) < 4.78 is 7.32. The maximum Gasteiger partial charge on any atom is 0.342 e. The molecule has 0 radical (unpaired) electrons. The number of esters is 1. The Morgan fingerprint density at radius 3 is 2.73 bits per heavy atom. The maximum atomic E-state index is 13.1. The molecule has 0 spiro atoms. The summed E-state index contributed by atoms with van der Waals surface area (Å²) in [7, 11) is 0. The SMILES string of the molecule is CC(OC(=O)c1cn(Cc2ccccc2)nc1-c1cccs1)C(=O)c1c[nH]c2ncccc12. The molecule has 0 aliphatic carbocycles. The fourth-order valence-electron chi connectivity index (χ4n) is 3.67. The quantitative estimate of drug-likeness (QED) is 0.276. The van der Waals surface area contributed by atoms with Crippen LogP contribution in [0.15, 0.2) is 78.6 Å². The Bertz CT molecular complexity index is 1420. The van der Waals surface area contributed by atoms with E-state index >= 15 is 0 Å². The minimum Gasteiger partial charge on any atom is -0.451 e. The average molecular weight is 457 g/mol. The third kappa shape index (κ3) is 4.20. The number of ether oxygens (including phenoxy) is 1. The lowest BCUT2D eigenvalue weighted by Gasteiger charge is -2.11. The van der Waals surface area contributed by atoms with Crippen LogP contribution in [0.4, 0.5) is 0 Å². The number of nitrogens with one attached hydrogen (secondary N) is 1. The first-order valence-electron chi connectivity index (χ1n) is 10.4. The molecule has 0 bridgehead atoms. The highest BCUT2D eigenvalue weighted by Gasteiger charge is 2.26. The van der Waals surface area contributed by atoms with E-state index in [0.717, 1.165) is 10.4 Å². The molecule has 0 amide bonds. The summed E-state index contributed by atoms with van der Waals surface area (Å²) in [5, 5.41) is 7.26. The number of aromatic amines is 1. The number of nitrogens with zero attached hydrogens (tertiary/aromatic N) is 3. The molecule has 0 saturated heterocycles. The van der Waals surface area contributed by atoms with E-state index in [4.69, 9.17) is 4.74 Å². The number of thiophene rings is 1. The van der Waals surface area contributed by atoms with E-state index in [9.17, 15) is 9.59 Å². The van der Waals surface area contributed by atoms with E-state index in [0.29, 0.717) is 34.4 Å². The highest BCUT2D eigenvalue weighted by Crippen LogP contribution is 2.28. The summed E-state index contributed by atoms with van der Waals surface area (Å²) in [5.41, 5.74) is 2.99. The number of carbonyl (C=O) groups excluding carboxylic acids is 2. The lowest BCUT2D eigenvalue weighted by Crippen LogP contribution is -2.24. The molecule has 5 aromatic rings. The molecule has 1 N–H and O–H groups in total. The number of pyridine rings is 1. The van der Waals surface area contributed by atoms with Crippen molar-refractivity contribution in [2.45, 2.75) is 19.6 Å². The Kier molecular flexibility index (Phi) is 5.58. The second-order valence-corrected chi connectivity index (χ2v) is 8.51. The molecule has 4 aromatic heterocycles. The first-order valence-corrected chi connectivity index (χ1v) is 11.3. The summed E-state index contributed by atoms with van der Waals surface area (Å²) in [5.74, 6) is -0.881. The van der Waals surface area contributed by atoms with Gasteiger partial charge >= 0.3 is 5.97 Å². The zero-order chi connectivity index (χ0) is 22.8. The first-order chi connectivity index (χ1) is 16.1. The molecular weight excluding hydrogens is 436 g/mol. The van der Waals surface area contributed by atoms with E-state index in [-0.39, 0.29) is 5.78 Å². The van der Waals surface area contributed by atoms with Crippen LogP contribution in [0.1, 0.15) is 33.2 Å². The fraction of sp³-hybridized carbons (Fsp3) is 0.120. The normalized spacial score (nSPS) is 12.0. The van der Waals surface area contributed by atoms with Gasteiger partial charge in [0.1, 0.15) is 16.9 Å². The van der Waals surface area contributed by atoms with Crippen molar-refractivity contribution in [1.29, 1.82) is 0 Å². The van der Waals surface area contributed by atoms with Crippen LogP contribution in [-0.4, -0.2) is 37.6 Å². The molecule has 5 rings (SSSR count). The van der Waals surface area contributed by atoms with E-state index in [2.05, 4.69) is 15.1 Å². The lowest BCUT2D eigenvalue weighted by molar-refractivity contribution is 0.0320. The molecule has 7 nitrogen and oxygen atoms in total. The van der Waals surface area contributed by atoms with Crippen molar-refractivity contribution in [3.63, 3.8) is 0 Å². The van der Waals surface area contributed by atoms with Crippen LogP contribution in [0, 0.1) is 0 Å². The van der Waals surface area contributed by atoms with Gasteiger partial charge in [0.15, 0.2) is 6.10 Å². The predicted molar refractivity (Wildman–Crippen MR) is 126 cm³/mol. The van der Waals surface area contributed by atoms with Gasteiger partial charge in [0.2, 0.25) is 5.78 Å². The highest BCUT2D eigenvalue weighted by atomic mass is 32.1. The van der Waals surface area contributed by atoms with Crippen LogP contribution in [0.2, 0.25) is 0 Å². The number of ketones is 1. The molecular formula is C25H20N4O3S. The van der Waals surface area contributed by atoms with Crippen molar-refractivity contribution in [3.8, 4) is 10.6 Å². The molecule has 1 atom stereocenters. The summed E-state index contributed by atoms with van der Waals surface area (Å²) in [6.45, 7) is 2.10. The number of hydrogen-bond acceptors (Lipinski definition) is 6. The number of hydrogen-bond donors (Lipinski definition) is 1. The number of Topliss-reactive ketones (excluding diaryl/α,β-unsaturated/α-hetero) is 1. The topological polar surface area (TPSA) is 89.9 Å². The van der Waals surface area contributed by atoms with Crippen molar-refractivity contribution in [2.75, 3.05) is 0 Å². The monoisotopic (exact) mass is 456 g/mol. The van der Waals surface area contributed by atoms with Gasteiger partial charge in [0.25, 0.3) is 0 Å². The van der Waals surface area contributed by atoms with Gasteiger partial charge in [-0.2, -0.15) is 5.10 Å². The van der Waals surface area contributed by atoms with Gasteiger partial charge < -0.3 is 9.72 Å². The molecule has 1 unspecified atom stereocenters. The zero-order valence-electron chi connectivity index (χ0n) is 17.8. The molecule has 0 fully saturated rings. The molecule has 164 valence electrons. The van der Waals surface area contributed by atoms with E-state index in [1.54, 1.807) is 36.3 Å². The van der Waals surface area contributed by atoms with E-state index in [1.165, 1.54) is 11.3 Å². The van der Waals surface area contributed by atoms with Crippen LogP contribution < -0.4 is 0 Å². The highest BCUT2D eigenvalue weighted by molar-refractivity contribution is 7.13. The minimum absolute atomic E-state index is 0.294. The summed E-state index contributed by atoms with van der Waals surface area (Å²) in [6.07, 6.45) is 3.96. The van der Waals surface area contributed by atoms with Crippen molar-refractivity contribution in [3.05, 3.63) is 95.3 Å². The van der Waals surface area contributed by atoms with Crippen LogP contribution in [0.25, 0.3) is 21.6 Å².